The summed E-state index contributed by atoms with van der Waals surface area (Å²) in [4.78, 5) is 22.9. The average Bonchev–Trinajstić information content (AvgIpc) is 1.62. The van der Waals surface area contributed by atoms with E-state index in [1.54, 1.807) is 24.3 Å². The van der Waals surface area contributed by atoms with Crippen LogP contribution in [0.3, 0.4) is 0 Å². The first-order valence-electron chi connectivity index (χ1n) is 34.8. The minimum atomic E-state index is -1.54. The Hall–Kier alpha value is -8.37. The van der Waals surface area contributed by atoms with Gasteiger partial charge in [-0.2, -0.15) is 15.5 Å². The number of hydrogen-bond acceptors (Lipinski definition) is 22. The lowest BCUT2D eigenvalue weighted by Gasteiger charge is -2.34. The number of ether oxygens (including phenoxy) is 7. The number of carbonyl (C=O) groups is 1. The van der Waals surface area contributed by atoms with Crippen molar-refractivity contribution in [3.05, 3.63) is 203 Å². The monoisotopic (exact) mass is 1440 g/mol. The zero-order valence-corrected chi connectivity index (χ0v) is 62.0. The number of aliphatic hydroxyl groups excluding tert-OH is 2. The molecule has 4 aliphatic heterocycles. The van der Waals surface area contributed by atoms with E-state index in [2.05, 4.69) is 124 Å². The maximum Gasteiger partial charge on any atom is 0.168 e. The second-order valence-electron chi connectivity index (χ2n) is 26.5. The number of aromatic nitrogens is 8. The molecule has 6 aromatic heterocycles. The fraction of sp³-hybridized carbons (Fsp3) is 0.474. The van der Waals surface area contributed by atoms with Gasteiger partial charge in [-0.1, -0.05) is 146 Å². The Kier molecular flexibility index (Phi) is 28.9. The quantitative estimate of drug-likeness (QED) is 0.0225. The van der Waals surface area contributed by atoms with E-state index in [1.165, 1.54) is 40.6 Å². The van der Waals surface area contributed by atoms with E-state index in [0.717, 1.165) is 64.8 Å². The summed E-state index contributed by atoms with van der Waals surface area (Å²) in [5, 5.41) is 47.3. The minimum Gasteiger partial charge on any atom is -0.394 e. The van der Waals surface area contributed by atoms with E-state index in [4.69, 9.17) is 56.3 Å². The van der Waals surface area contributed by atoms with Gasteiger partial charge in [0.05, 0.1) is 74.6 Å². The highest BCUT2D eigenvalue weighted by Gasteiger charge is 2.57. The molecule has 3 aromatic carbocycles. The first-order valence-corrected chi connectivity index (χ1v) is 34.8. The van der Waals surface area contributed by atoms with Crippen LogP contribution in [0, 0.1) is 29.1 Å². The molecule has 4 aliphatic rings. The molecule has 0 aliphatic carbocycles. The number of aldehydes is 1. The molecule has 0 radical (unpaired) electrons. The molecule has 0 saturated carbocycles. The highest BCUT2D eigenvalue weighted by Crippen LogP contribution is 2.52. The number of fused-ring (bicyclic) bond motifs is 2. The first-order chi connectivity index (χ1) is 48.9. The summed E-state index contributed by atoms with van der Waals surface area (Å²) in [5.41, 5.74) is 17.3. The molecule has 27 heteroatoms. The normalized spacial score (nSPS) is 28.2. The number of nitriles is 1. The van der Waals surface area contributed by atoms with Crippen molar-refractivity contribution in [2.24, 2.45) is 23.7 Å². The molecule has 10 heterocycles. The van der Waals surface area contributed by atoms with Gasteiger partial charge in [0.2, 0.25) is 0 Å². The number of aliphatic hydroxyl groups is 3. The van der Waals surface area contributed by atoms with Crippen molar-refractivity contribution in [2.45, 2.75) is 200 Å². The summed E-state index contributed by atoms with van der Waals surface area (Å²) in [6.07, 6.45) is 2.81. The highest BCUT2D eigenvalue weighted by molar-refractivity contribution is 5.85. The van der Waals surface area contributed by atoms with Crippen molar-refractivity contribution in [1.29, 1.82) is 5.26 Å². The van der Waals surface area contributed by atoms with Crippen LogP contribution in [0.2, 0.25) is 0 Å². The van der Waals surface area contributed by atoms with E-state index in [-0.39, 0.29) is 73.4 Å². The Morgan fingerprint density at radius 3 is 1.22 bits per heavy atom. The van der Waals surface area contributed by atoms with E-state index in [1.807, 2.05) is 109 Å². The Bertz CT molecular complexity index is 4140. The smallest absolute Gasteiger partial charge is 0.168 e. The van der Waals surface area contributed by atoms with Gasteiger partial charge in [-0.15, -0.1) is 12.4 Å². The van der Waals surface area contributed by atoms with Crippen LogP contribution in [0.15, 0.2) is 152 Å². The molecular weight excluding hydrogens is 1340 g/mol. The Labute approximate surface area is 609 Å². The lowest BCUT2D eigenvalue weighted by Crippen LogP contribution is -2.43. The number of hydrogen-bond donors (Lipinski definition) is 8. The number of rotatable bonds is 18. The molecule has 26 nitrogen and oxygen atoms in total. The summed E-state index contributed by atoms with van der Waals surface area (Å²) in [6, 6.07) is 47.0. The molecule has 0 bridgehead atoms. The van der Waals surface area contributed by atoms with Crippen molar-refractivity contribution in [3.8, 4) is 6.07 Å². The van der Waals surface area contributed by atoms with Gasteiger partial charge in [-0.3, -0.25) is 14.1 Å². The largest absolute Gasteiger partial charge is 0.394 e. The first kappa shape index (κ1) is 81.9. The van der Waals surface area contributed by atoms with E-state index in [9.17, 15) is 25.4 Å². The molecule has 13 rings (SSSR count). The Balaban J connectivity index is 0.000000188. The van der Waals surface area contributed by atoms with Crippen LogP contribution in [-0.4, -0.2) is 127 Å². The lowest BCUT2D eigenvalue weighted by atomic mass is 9.83. The summed E-state index contributed by atoms with van der Waals surface area (Å²) < 4.78 is 50.1. The number of nitrogen functional groups attached to an aromatic ring is 4. The molecule has 0 spiro atoms. The van der Waals surface area contributed by atoms with Crippen LogP contribution in [0.4, 0.5) is 11.6 Å². The van der Waals surface area contributed by atoms with Crippen LogP contribution in [-0.2, 0) is 57.8 Å². The summed E-state index contributed by atoms with van der Waals surface area (Å²) in [5.74, 6) is 18.0. The van der Waals surface area contributed by atoms with Crippen molar-refractivity contribution >= 4 is 41.4 Å². The van der Waals surface area contributed by atoms with Crippen LogP contribution in [0.1, 0.15) is 182 Å². The second kappa shape index (κ2) is 36.4. The fourth-order valence-electron chi connectivity index (χ4n) is 13.9. The number of nitrogens with two attached hydrogens (primary N) is 5. The predicted molar refractivity (Wildman–Crippen MR) is 395 cm³/mol. The third-order valence-electron chi connectivity index (χ3n) is 20.5. The zero-order valence-electron chi connectivity index (χ0n) is 61.2. The molecule has 4 fully saturated rings. The SMILES string of the molecule is CC.CC[C@H]1O[C@@H](c2ccc(C#N)n2N)[C@](C)(OCc2ccccc2)[C@@H]1C.CC[C@H]1O[C@@H](c2ccc(C=O)n2N)[C@](C)(OCc2ccccc2)[C@@H]1C.CC[C@H]1O[C@@H](c2ccc3c(N)ncnn23)[C@](C)(OCc2ccccc2)[C@@H]1C.CON.C[C@@]1(O)[C@H](O)[C@@H](CO)O[C@H]1c1ccc2c(N)ncnn12.Cl. The molecular formula is C76H105ClN14O12. The summed E-state index contributed by atoms with van der Waals surface area (Å²) in [7, 11) is 1.40. The Morgan fingerprint density at radius 1 is 0.553 bits per heavy atom. The van der Waals surface area contributed by atoms with Gasteiger partial charge in [0.15, 0.2) is 17.9 Å². The molecule has 558 valence electrons. The van der Waals surface area contributed by atoms with Gasteiger partial charge in [0.1, 0.15) is 100 Å². The Morgan fingerprint density at radius 2 is 0.893 bits per heavy atom. The summed E-state index contributed by atoms with van der Waals surface area (Å²) in [6.45, 7) is 25.8. The van der Waals surface area contributed by atoms with Crippen LogP contribution < -0.4 is 29.0 Å². The highest BCUT2D eigenvalue weighted by atomic mass is 35.5. The topological polar surface area (TPSA) is 376 Å². The number of benzene rings is 3. The lowest BCUT2D eigenvalue weighted by molar-refractivity contribution is -0.107. The number of halogens is 1. The van der Waals surface area contributed by atoms with E-state index >= 15 is 0 Å². The zero-order chi connectivity index (χ0) is 74.3. The standard InChI is InChI=1S/C21H26N4O2.C20H25N3O2.C20H26N2O3.C12H16N4O4.C2H6.CH5NO.ClH/c1-4-18-14(2)21(3,26-12-15-8-6-5-7-9-15)19(27-18)16-10-11-17-20(22)23-13-24-25(16)17;1-4-18-14(2)20(3,24-13-15-8-6-5-7-9-15)19(25-18)17-11-10-16(12-21)23(17)22;1-4-18-14(2)20(3,24-13-15-8-6-5-7-9-15)19(25-18)17-11-10-16(12-23)22(17)21;1-12(19)9(18)8(4-17)20-10(12)6-2-3-7-11(13)14-5-15-16(6)7;1-2;1-3-2;/h5-11,13-14,18-19H,4,12H2,1-3H3,(H2,22,23,24);5-11,14,18-19H,4,13,22H2,1-3H3;5-12,14,18-19H,4,13,21H2,1-3H3;2-3,5,8-10,17-19H,4H2,1H3,(H2,13,14,15);1-2H3;2H2,1H3;1H/t14-,18-,19+,21-;2*14-,18-,19+,20-;8-,9-,10+,12-;;;/m1111.../s1. The van der Waals surface area contributed by atoms with Gasteiger partial charge in [0.25, 0.3) is 0 Å². The molecule has 4 saturated heterocycles. The number of carbonyl (C=O) groups excluding carboxylic acids is 1. The van der Waals surface area contributed by atoms with Gasteiger partial charge in [-0.05, 0) is 112 Å². The van der Waals surface area contributed by atoms with Crippen molar-refractivity contribution < 1.29 is 58.1 Å². The average molecular weight is 1440 g/mol. The molecule has 9 aromatic rings. The molecule has 16 atom stereocenters. The number of nitrogens with zero attached hydrogens (tertiary/aromatic N) is 9. The minimum absolute atomic E-state index is 0. The van der Waals surface area contributed by atoms with Crippen molar-refractivity contribution in [1.82, 2.24) is 38.5 Å². The van der Waals surface area contributed by atoms with Gasteiger partial charge >= 0.3 is 0 Å². The summed E-state index contributed by atoms with van der Waals surface area (Å²) >= 11 is 0. The van der Waals surface area contributed by atoms with Gasteiger partial charge in [-0.25, -0.2) is 24.9 Å². The van der Waals surface area contributed by atoms with Crippen LogP contribution in [0.25, 0.3) is 11.0 Å². The maximum atomic E-state index is 11.1. The van der Waals surface area contributed by atoms with Crippen molar-refractivity contribution in [3.63, 3.8) is 0 Å². The fourth-order valence-corrected chi connectivity index (χ4v) is 13.9. The van der Waals surface area contributed by atoms with Gasteiger partial charge in [0, 0.05) is 17.8 Å². The predicted octanol–water partition coefficient (Wildman–Crippen LogP) is 10.6. The molecule has 13 N–H and O–H groups in total. The third-order valence-corrected chi connectivity index (χ3v) is 20.5. The van der Waals surface area contributed by atoms with Crippen LogP contribution in [0.5, 0.6) is 0 Å². The van der Waals surface area contributed by atoms with Crippen molar-refractivity contribution in [2.75, 3.05) is 36.9 Å². The second-order valence-corrected chi connectivity index (χ2v) is 26.5. The van der Waals surface area contributed by atoms with E-state index in [0.29, 0.717) is 54.1 Å². The number of anilines is 2. The molecule has 0 unspecified atom stereocenters. The maximum absolute atomic E-state index is 11.1. The van der Waals surface area contributed by atoms with Crippen LogP contribution >= 0.6 is 12.4 Å². The molecule has 103 heavy (non-hydrogen) atoms. The van der Waals surface area contributed by atoms with Gasteiger partial charge < -0.3 is 76.5 Å². The molecule has 0 amide bonds. The van der Waals surface area contributed by atoms with E-state index < -0.39 is 40.7 Å². The third kappa shape index (κ3) is 17.2.